The van der Waals surface area contributed by atoms with Crippen LogP contribution in [0.2, 0.25) is 0 Å². The molecule has 5 heteroatoms. The third kappa shape index (κ3) is 3.61. The zero-order chi connectivity index (χ0) is 13.9. The summed E-state index contributed by atoms with van der Waals surface area (Å²) in [6.45, 7) is 6.07. The Morgan fingerprint density at radius 3 is 2.56 bits per heavy atom. The topological polar surface area (TPSA) is 75.3 Å². The molecule has 0 saturated carbocycles. The van der Waals surface area contributed by atoms with E-state index in [1.807, 2.05) is 6.92 Å². The molecule has 1 rings (SSSR count). The van der Waals surface area contributed by atoms with Crippen molar-refractivity contribution in [1.82, 2.24) is 0 Å². The van der Waals surface area contributed by atoms with Gasteiger partial charge in [0.1, 0.15) is 5.82 Å². The van der Waals surface area contributed by atoms with Gasteiger partial charge in [0.25, 0.3) is 0 Å². The highest BCUT2D eigenvalue weighted by atomic mass is 19.1. The van der Waals surface area contributed by atoms with Gasteiger partial charge in [-0.1, -0.05) is 13.8 Å². The molecule has 0 heterocycles. The van der Waals surface area contributed by atoms with E-state index in [0.717, 1.165) is 12.5 Å². The van der Waals surface area contributed by atoms with Crippen LogP contribution in [0.5, 0.6) is 0 Å². The van der Waals surface area contributed by atoms with Crippen LogP contribution in [0.1, 0.15) is 37.6 Å². The van der Waals surface area contributed by atoms with Crippen molar-refractivity contribution in [2.75, 3.05) is 11.1 Å². The molecule has 0 aliphatic carbocycles. The van der Waals surface area contributed by atoms with Crippen molar-refractivity contribution in [2.24, 2.45) is 5.92 Å². The summed E-state index contributed by atoms with van der Waals surface area (Å²) >= 11 is 0. The Hall–Kier alpha value is -1.78. The second-order valence-corrected chi connectivity index (χ2v) is 4.90. The van der Waals surface area contributed by atoms with Crippen LogP contribution in [0.3, 0.4) is 0 Å². The number of nitrogens with one attached hydrogen (secondary N) is 1. The number of rotatable bonds is 5. The number of hydrogen-bond acceptors (Lipinski definition) is 3. The molecule has 0 aliphatic heterocycles. The summed E-state index contributed by atoms with van der Waals surface area (Å²) in [5.41, 5.74) is 5.47. The van der Waals surface area contributed by atoms with Gasteiger partial charge in [0.05, 0.1) is 11.3 Å². The highest BCUT2D eigenvalue weighted by Gasteiger charge is 2.15. The van der Waals surface area contributed by atoms with Crippen LogP contribution in [0.25, 0.3) is 0 Å². The molecule has 0 amide bonds. The Kier molecular flexibility index (Phi) is 4.53. The number of benzene rings is 1. The molecule has 4 N–H and O–H groups in total. The molecule has 0 saturated heterocycles. The minimum atomic E-state index is -1.16. The monoisotopic (exact) mass is 254 g/mol. The molecule has 0 aromatic heterocycles. The van der Waals surface area contributed by atoms with Crippen LogP contribution in [-0.4, -0.2) is 17.1 Å². The fourth-order valence-corrected chi connectivity index (χ4v) is 1.92. The van der Waals surface area contributed by atoms with Crippen molar-refractivity contribution in [3.63, 3.8) is 0 Å². The first-order chi connectivity index (χ1) is 8.31. The molecule has 0 bridgehead atoms. The lowest BCUT2D eigenvalue weighted by atomic mass is 10.0. The molecule has 0 aliphatic rings. The summed E-state index contributed by atoms with van der Waals surface area (Å²) in [6.07, 6.45) is 0.867. The van der Waals surface area contributed by atoms with Gasteiger partial charge in [-0.3, -0.25) is 0 Å². The van der Waals surface area contributed by atoms with Gasteiger partial charge >= 0.3 is 5.97 Å². The van der Waals surface area contributed by atoms with Gasteiger partial charge in [0, 0.05) is 11.7 Å². The summed E-state index contributed by atoms with van der Waals surface area (Å²) in [5.74, 6) is -1.22. The van der Waals surface area contributed by atoms with Crippen LogP contribution < -0.4 is 11.1 Å². The molecule has 18 heavy (non-hydrogen) atoms. The number of halogens is 1. The normalized spacial score (nSPS) is 12.5. The average molecular weight is 254 g/mol. The van der Waals surface area contributed by atoms with E-state index in [4.69, 9.17) is 10.8 Å². The number of hydrogen-bond donors (Lipinski definition) is 3. The second kappa shape index (κ2) is 5.71. The SMILES string of the molecule is CC(C)CC(C)Nc1cc(C(=O)O)c(N)cc1F. The Labute approximate surface area is 106 Å². The van der Waals surface area contributed by atoms with Crippen molar-refractivity contribution >= 4 is 17.3 Å². The number of carboxylic acids is 1. The summed E-state index contributed by atoms with van der Waals surface area (Å²) in [5, 5.41) is 11.9. The summed E-state index contributed by atoms with van der Waals surface area (Å²) in [4.78, 5) is 10.9. The van der Waals surface area contributed by atoms with E-state index in [-0.39, 0.29) is 23.0 Å². The van der Waals surface area contributed by atoms with Gasteiger partial charge in [-0.2, -0.15) is 0 Å². The van der Waals surface area contributed by atoms with Crippen LogP contribution in [0.4, 0.5) is 15.8 Å². The lowest BCUT2D eigenvalue weighted by Crippen LogP contribution is -2.19. The van der Waals surface area contributed by atoms with Crippen LogP contribution in [-0.2, 0) is 0 Å². The minimum absolute atomic E-state index is 0.0600. The highest BCUT2D eigenvalue weighted by molar-refractivity contribution is 5.94. The zero-order valence-corrected chi connectivity index (χ0v) is 10.8. The van der Waals surface area contributed by atoms with E-state index in [2.05, 4.69) is 19.2 Å². The smallest absolute Gasteiger partial charge is 0.337 e. The predicted molar refractivity (Wildman–Crippen MR) is 70.3 cm³/mol. The molecule has 0 spiro atoms. The quantitative estimate of drug-likeness (QED) is 0.706. The second-order valence-electron chi connectivity index (χ2n) is 4.90. The maximum absolute atomic E-state index is 13.7. The number of aromatic carboxylic acids is 1. The number of nitrogens with two attached hydrogens (primary N) is 1. The van der Waals surface area contributed by atoms with Gasteiger partial charge in [-0.15, -0.1) is 0 Å². The fraction of sp³-hybridized carbons (Fsp3) is 0.462. The van der Waals surface area contributed by atoms with Crippen molar-refractivity contribution in [1.29, 1.82) is 0 Å². The Bertz CT molecular complexity index is 447. The molecule has 1 atom stereocenters. The van der Waals surface area contributed by atoms with Crippen LogP contribution >= 0.6 is 0 Å². The third-order valence-electron chi connectivity index (χ3n) is 2.60. The average Bonchev–Trinajstić information content (AvgIpc) is 2.20. The maximum atomic E-state index is 13.7. The van der Waals surface area contributed by atoms with E-state index in [9.17, 15) is 9.18 Å². The van der Waals surface area contributed by atoms with Gasteiger partial charge < -0.3 is 16.2 Å². The molecule has 1 unspecified atom stereocenters. The van der Waals surface area contributed by atoms with E-state index < -0.39 is 11.8 Å². The molecule has 0 radical (unpaired) electrons. The van der Waals surface area contributed by atoms with Gasteiger partial charge in [0.2, 0.25) is 0 Å². The number of carboxylic acid groups (broad SMARTS) is 1. The summed E-state index contributed by atoms with van der Waals surface area (Å²) in [6, 6.07) is 2.34. The first-order valence-electron chi connectivity index (χ1n) is 5.90. The Balaban J connectivity index is 2.95. The molecular weight excluding hydrogens is 235 g/mol. The third-order valence-corrected chi connectivity index (χ3v) is 2.60. The summed E-state index contributed by atoms with van der Waals surface area (Å²) < 4.78 is 13.7. The van der Waals surface area contributed by atoms with Gasteiger partial charge in [-0.05, 0) is 31.4 Å². The van der Waals surface area contributed by atoms with Gasteiger partial charge in [0.15, 0.2) is 0 Å². The maximum Gasteiger partial charge on any atom is 0.337 e. The molecule has 100 valence electrons. The summed E-state index contributed by atoms with van der Waals surface area (Å²) in [7, 11) is 0. The minimum Gasteiger partial charge on any atom is -0.478 e. The van der Waals surface area contributed by atoms with Crippen LogP contribution in [0, 0.1) is 11.7 Å². The lowest BCUT2D eigenvalue weighted by Gasteiger charge is -2.18. The van der Waals surface area contributed by atoms with Crippen molar-refractivity contribution in [3.8, 4) is 0 Å². The van der Waals surface area contributed by atoms with E-state index in [1.54, 1.807) is 0 Å². The van der Waals surface area contributed by atoms with Gasteiger partial charge in [-0.25, -0.2) is 9.18 Å². The molecule has 4 nitrogen and oxygen atoms in total. The predicted octanol–water partition coefficient (Wildman–Crippen LogP) is 2.95. The fourth-order valence-electron chi connectivity index (χ4n) is 1.92. The molecule has 1 aromatic rings. The molecule has 1 aromatic carbocycles. The van der Waals surface area contributed by atoms with E-state index >= 15 is 0 Å². The standard InChI is InChI=1S/C13H19FN2O2/c1-7(2)4-8(3)16-12-5-9(13(17)18)11(15)6-10(12)14/h5-8,16H,4,15H2,1-3H3,(H,17,18). The highest BCUT2D eigenvalue weighted by Crippen LogP contribution is 2.23. The first-order valence-corrected chi connectivity index (χ1v) is 5.90. The van der Waals surface area contributed by atoms with Crippen molar-refractivity contribution < 1.29 is 14.3 Å². The van der Waals surface area contributed by atoms with Crippen molar-refractivity contribution in [3.05, 3.63) is 23.5 Å². The largest absolute Gasteiger partial charge is 0.478 e. The number of carbonyl (C=O) groups is 1. The number of nitrogen functional groups attached to an aromatic ring is 1. The zero-order valence-electron chi connectivity index (χ0n) is 10.8. The molecule has 0 fully saturated rings. The Morgan fingerprint density at radius 2 is 2.06 bits per heavy atom. The van der Waals surface area contributed by atoms with Crippen molar-refractivity contribution in [2.45, 2.75) is 33.2 Å². The van der Waals surface area contributed by atoms with E-state index in [0.29, 0.717) is 5.92 Å². The molecular formula is C13H19FN2O2. The van der Waals surface area contributed by atoms with E-state index in [1.165, 1.54) is 6.07 Å². The Morgan fingerprint density at radius 1 is 1.44 bits per heavy atom. The van der Waals surface area contributed by atoms with Crippen LogP contribution in [0.15, 0.2) is 12.1 Å². The lowest BCUT2D eigenvalue weighted by molar-refractivity contribution is 0.0698. The number of anilines is 2. The first kappa shape index (κ1) is 14.3.